The molecule has 0 heterocycles. The van der Waals surface area contributed by atoms with E-state index in [2.05, 4.69) is 32.0 Å². The molecule has 2 heteroatoms. The second-order valence-corrected chi connectivity index (χ2v) is 5.15. The van der Waals surface area contributed by atoms with E-state index in [-0.39, 0.29) is 6.04 Å². The molecule has 0 saturated heterocycles. The quantitative estimate of drug-likeness (QED) is 0.710. The number of unbranched alkanes of at least 4 members (excludes halogenated alkanes) is 3. The number of rotatable bonds is 8. The van der Waals surface area contributed by atoms with Crippen LogP contribution in [-0.4, -0.2) is 12.6 Å². The molecule has 1 aromatic rings. The smallest absolute Gasteiger partial charge is 0.125 e. The lowest BCUT2D eigenvalue weighted by Gasteiger charge is -2.15. The lowest BCUT2D eigenvalue weighted by Crippen LogP contribution is -2.18. The van der Waals surface area contributed by atoms with Crippen molar-refractivity contribution in [3.05, 3.63) is 29.3 Å². The van der Waals surface area contributed by atoms with Gasteiger partial charge in [0.15, 0.2) is 0 Å². The predicted molar refractivity (Wildman–Crippen MR) is 78.2 cm³/mol. The molecule has 0 bridgehead atoms. The second-order valence-electron chi connectivity index (χ2n) is 5.15. The van der Waals surface area contributed by atoms with Crippen molar-refractivity contribution in [2.75, 3.05) is 6.61 Å². The Labute approximate surface area is 112 Å². The number of para-hydroxylation sites is 1. The predicted octanol–water partition coefficient (Wildman–Crippen LogP) is 3.84. The van der Waals surface area contributed by atoms with E-state index < -0.39 is 0 Å². The molecule has 0 spiro atoms. The molecular formula is C16H27NO. The summed E-state index contributed by atoms with van der Waals surface area (Å²) in [5.41, 5.74) is 8.33. The number of benzene rings is 1. The third-order valence-corrected chi connectivity index (χ3v) is 3.08. The Kier molecular flexibility index (Phi) is 6.81. The van der Waals surface area contributed by atoms with Crippen molar-refractivity contribution in [3.63, 3.8) is 0 Å². The van der Waals surface area contributed by atoms with E-state index in [0.717, 1.165) is 25.2 Å². The Morgan fingerprint density at radius 1 is 1.22 bits per heavy atom. The fourth-order valence-electron chi connectivity index (χ4n) is 2.13. The van der Waals surface area contributed by atoms with Crippen LogP contribution >= 0.6 is 0 Å². The zero-order chi connectivity index (χ0) is 13.4. The lowest BCUT2D eigenvalue weighted by molar-refractivity contribution is 0.299. The fourth-order valence-corrected chi connectivity index (χ4v) is 2.13. The summed E-state index contributed by atoms with van der Waals surface area (Å²) in [6.45, 7) is 7.18. The van der Waals surface area contributed by atoms with E-state index in [4.69, 9.17) is 10.5 Å². The summed E-state index contributed by atoms with van der Waals surface area (Å²) in [4.78, 5) is 0. The van der Waals surface area contributed by atoms with Crippen LogP contribution < -0.4 is 10.5 Å². The van der Waals surface area contributed by atoms with E-state index in [1.165, 1.54) is 30.4 Å². The van der Waals surface area contributed by atoms with Crippen molar-refractivity contribution in [1.82, 2.24) is 0 Å². The van der Waals surface area contributed by atoms with Crippen molar-refractivity contribution in [2.45, 2.75) is 58.9 Å². The van der Waals surface area contributed by atoms with Crippen LogP contribution in [0.25, 0.3) is 0 Å². The van der Waals surface area contributed by atoms with Crippen LogP contribution in [0.15, 0.2) is 18.2 Å². The molecule has 1 atom stereocenters. The van der Waals surface area contributed by atoms with Gasteiger partial charge in [0.1, 0.15) is 5.75 Å². The summed E-state index contributed by atoms with van der Waals surface area (Å²) < 4.78 is 5.96. The Balaban J connectivity index is 2.56. The molecule has 0 fully saturated rings. The Hall–Kier alpha value is -1.02. The van der Waals surface area contributed by atoms with Crippen LogP contribution in [0.2, 0.25) is 0 Å². The molecule has 0 aliphatic carbocycles. The van der Waals surface area contributed by atoms with Crippen LogP contribution in [-0.2, 0) is 6.42 Å². The topological polar surface area (TPSA) is 35.2 Å². The summed E-state index contributed by atoms with van der Waals surface area (Å²) in [6.07, 6.45) is 5.83. The first kappa shape index (κ1) is 15.0. The SMILES string of the molecule is CCCCCCOc1c(C)cccc1CC(C)N. The molecule has 1 aromatic carbocycles. The molecule has 2 nitrogen and oxygen atoms in total. The van der Waals surface area contributed by atoms with Gasteiger partial charge in [0.05, 0.1) is 6.61 Å². The van der Waals surface area contributed by atoms with Crippen molar-refractivity contribution in [1.29, 1.82) is 0 Å². The standard InChI is InChI=1S/C16H27NO/c1-4-5-6-7-11-18-16-13(2)9-8-10-15(16)12-14(3)17/h8-10,14H,4-7,11-12,17H2,1-3H3. The molecule has 0 saturated carbocycles. The van der Waals surface area contributed by atoms with Crippen LogP contribution in [0.5, 0.6) is 5.75 Å². The van der Waals surface area contributed by atoms with Crippen LogP contribution in [0.3, 0.4) is 0 Å². The zero-order valence-corrected chi connectivity index (χ0v) is 12.0. The first-order valence-corrected chi connectivity index (χ1v) is 7.12. The van der Waals surface area contributed by atoms with Gasteiger partial charge in [-0.25, -0.2) is 0 Å². The van der Waals surface area contributed by atoms with E-state index in [9.17, 15) is 0 Å². The molecule has 1 rings (SSSR count). The summed E-state index contributed by atoms with van der Waals surface area (Å²) in [5.74, 6) is 1.05. The Bertz CT molecular complexity index is 347. The van der Waals surface area contributed by atoms with Gasteiger partial charge in [0.2, 0.25) is 0 Å². The highest BCUT2D eigenvalue weighted by molar-refractivity contribution is 5.41. The molecule has 0 aliphatic heterocycles. The zero-order valence-electron chi connectivity index (χ0n) is 12.0. The minimum atomic E-state index is 0.175. The van der Waals surface area contributed by atoms with Gasteiger partial charge >= 0.3 is 0 Å². The largest absolute Gasteiger partial charge is 0.493 e. The van der Waals surface area contributed by atoms with Crippen molar-refractivity contribution >= 4 is 0 Å². The van der Waals surface area contributed by atoms with Crippen molar-refractivity contribution in [3.8, 4) is 5.75 Å². The highest BCUT2D eigenvalue weighted by Crippen LogP contribution is 2.24. The van der Waals surface area contributed by atoms with Crippen molar-refractivity contribution < 1.29 is 4.74 Å². The molecule has 2 N–H and O–H groups in total. The van der Waals surface area contributed by atoms with E-state index in [1.807, 2.05) is 6.92 Å². The fraction of sp³-hybridized carbons (Fsp3) is 0.625. The first-order chi connectivity index (χ1) is 8.65. The molecule has 0 aliphatic rings. The van der Waals surface area contributed by atoms with Gasteiger partial charge in [-0.2, -0.15) is 0 Å². The highest BCUT2D eigenvalue weighted by atomic mass is 16.5. The van der Waals surface area contributed by atoms with Crippen LogP contribution in [0.4, 0.5) is 0 Å². The number of aryl methyl sites for hydroxylation is 1. The first-order valence-electron chi connectivity index (χ1n) is 7.12. The maximum Gasteiger partial charge on any atom is 0.125 e. The molecule has 0 amide bonds. The number of nitrogens with two attached hydrogens (primary N) is 1. The summed E-state index contributed by atoms with van der Waals surface area (Å²) in [5, 5.41) is 0. The summed E-state index contributed by atoms with van der Waals surface area (Å²) in [6, 6.07) is 6.48. The maximum atomic E-state index is 5.96. The Morgan fingerprint density at radius 3 is 2.67 bits per heavy atom. The van der Waals surface area contributed by atoms with Crippen LogP contribution in [0.1, 0.15) is 50.7 Å². The van der Waals surface area contributed by atoms with Gasteiger partial charge in [0, 0.05) is 6.04 Å². The normalized spacial score (nSPS) is 12.4. The van der Waals surface area contributed by atoms with Gasteiger partial charge in [-0.3, -0.25) is 0 Å². The number of hydrogen-bond acceptors (Lipinski definition) is 2. The molecule has 18 heavy (non-hydrogen) atoms. The monoisotopic (exact) mass is 249 g/mol. The second kappa shape index (κ2) is 8.15. The third-order valence-electron chi connectivity index (χ3n) is 3.08. The Morgan fingerprint density at radius 2 is 2.00 bits per heavy atom. The van der Waals surface area contributed by atoms with Gasteiger partial charge in [0.25, 0.3) is 0 Å². The van der Waals surface area contributed by atoms with Gasteiger partial charge < -0.3 is 10.5 Å². The average Bonchev–Trinajstić information content (AvgIpc) is 2.31. The average molecular weight is 249 g/mol. The van der Waals surface area contributed by atoms with E-state index >= 15 is 0 Å². The third kappa shape index (κ3) is 5.09. The summed E-state index contributed by atoms with van der Waals surface area (Å²) in [7, 11) is 0. The van der Waals surface area contributed by atoms with Gasteiger partial charge in [-0.1, -0.05) is 44.4 Å². The van der Waals surface area contributed by atoms with Crippen LogP contribution in [0, 0.1) is 6.92 Å². The molecular weight excluding hydrogens is 222 g/mol. The minimum Gasteiger partial charge on any atom is -0.493 e. The van der Waals surface area contributed by atoms with E-state index in [1.54, 1.807) is 0 Å². The molecule has 102 valence electrons. The van der Waals surface area contributed by atoms with Gasteiger partial charge in [-0.05, 0) is 37.8 Å². The number of hydrogen-bond donors (Lipinski definition) is 1. The minimum absolute atomic E-state index is 0.175. The van der Waals surface area contributed by atoms with E-state index in [0.29, 0.717) is 0 Å². The highest BCUT2D eigenvalue weighted by Gasteiger charge is 2.08. The van der Waals surface area contributed by atoms with Crippen molar-refractivity contribution in [2.24, 2.45) is 5.73 Å². The molecule has 1 unspecified atom stereocenters. The number of ether oxygens (including phenoxy) is 1. The molecule has 0 radical (unpaired) electrons. The van der Waals surface area contributed by atoms with Gasteiger partial charge in [-0.15, -0.1) is 0 Å². The maximum absolute atomic E-state index is 5.96. The molecule has 0 aromatic heterocycles. The lowest BCUT2D eigenvalue weighted by atomic mass is 10.0. The summed E-state index contributed by atoms with van der Waals surface area (Å²) >= 11 is 0.